The Morgan fingerprint density at radius 2 is 0.667 bits per heavy atom. The molecule has 3 unspecified atom stereocenters. The van der Waals surface area contributed by atoms with E-state index in [1.807, 2.05) is 97.1 Å². The van der Waals surface area contributed by atoms with Crippen molar-refractivity contribution in [3.63, 3.8) is 0 Å². The molecule has 0 radical (unpaired) electrons. The number of hydrogen-bond donors (Lipinski definition) is 0. The highest BCUT2D eigenvalue weighted by atomic mass is 35.7. The van der Waals surface area contributed by atoms with E-state index in [9.17, 15) is 18.3 Å². The molecule has 0 bridgehead atoms. The van der Waals surface area contributed by atoms with Gasteiger partial charge in [0.1, 0.15) is 0 Å². The molecule has 0 amide bonds. The molecule has 3 atom stereocenters. The van der Waals surface area contributed by atoms with Crippen molar-refractivity contribution in [1.29, 1.82) is 0 Å². The van der Waals surface area contributed by atoms with Gasteiger partial charge < -0.3 is 31.0 Å². The Morgan fingerprint density at radius 1 is 0.426 bits per heavy atom. The van der Waals surface area contributed by atoms with Gasteiger partial charge in [-0.15, -0.1) is 26.7 Å². The first kappa shape index (κ1) is 50.4. The summed E-state index contributed by atoms with van der Waals surface area (Å²) in [7, 11) is -6.42. The topological polar surface area (TPSA) is 142 Å². The zero-order valence-corrected chi connectivity index (χ0v) is 38.8. The smallest absolute Gasteiger partial charge is 0.315 e. The number of hydrogen-bond acceptors (Lipinski definition) is 12. The molecule has 298 valence electrons. The van der Waals surface area contributed by atoms with Crippen LogP contribution >= 0.6 is 52.5 Å². The predicted molar refractivity (Wildman–Crippen MR) is 225 cm³/mol. The molecule has 4 rings (SSSR count). The van der Waals surface area contributed by atoms with Gasteiger partial charge in [-0.3, -0.25) is 18.3 Å². The average Bonchev–Trinajstić information content (AvgIpc) is 3.19. The summed E-state index contributed by atoms with van der Waals surface area (Å²) in [5, 5.41) is 3.36. The van der Waals surface area contributed by atoms with Crippen LogP contribution in [0.5, 0.6) is 0 Å². The van der Waals surface area contributed by atoms with E-state index < -0.39 is 45.6 Å². The largest absolute Gasteiger partial charge is 0.420 e. The Balaban J connectivity index is 0.000000422. The lowest BCUT2D eigenvalue weighted by molar-refractivity contribution is 0.280. The summed E-state index contributed by atoms with van der Waals surface area (Å²) in [5.74, 6) is 0. The van der Waals surface area contributed by atoms with Crippen molar-refractivity contribution in [1.82, 2.24) is 0 Å². The Labute approximate surface area is 331 Å². The van der Waals surface area contributed by atoms with E-state index in [1.165, 1.54) is 62.2 Å². The summed E-state index contributed by atoms with van der Waals surface area (Å²) in [6, 6.07) is 37.8. The summed E-state index contributed by atoms with van der Waals surface area (Å²) >= 11 is 13.0. The maximum Gasteiger partial charge on any atom is 0.420 e. The van der Waals surface area contributed by atoms with E-state index in [4.69, 9.17) is 39.6 Å². The summed E-state index contributed by atoms with van der Waals surface area (Å²) in [5.41, 5.74) is 0. The molecule has 4 aromatic carbocycles. The monoisotopic (exact) mass is 899 g/mol. The molecule has 0 N–H and O–H groups in total. The minimum absolute atomic E-state index is 0.652. The third kappa shape index (κ3) is 17.2. The second-order valence-corrected chi connectivity index (χ2v) is 29.4. The van der Waals surface area contributed by atoms with Crippen LogP contribution in [0.25, 0.3) is 0 Å². The molecule has 0 aliphatic rings. The van der Waals surface area contributed by atoms with Gasteiger partial charge >= 0.3 is 45.6 Å². The minimum Gasteiger partial charge on any atom is -0.315 e. The van der Waals surface area contributed by atoms with Gasteiger partial charge in [0.05, 0.1) is 0 Å². The van der Waals surface area contributed by atoms with Gasteiger partial charge in [-0.25, -0.2) is 0 Å². The second kappa shape index (κ2) is 23.6. The van der Waals surface area contributed by atoms with Gasteiger partial charge in [0, 0.05) is 62.2 Å². The number of benzene rings is 4. The normalized spacial score (nSPS) is 14.9. The number of halogens is 2. The first-order chi connectivity index (χ1) is 25.2. The molecular formula is C34H49Cl2O12P4Si2+. The van der Waals surface area contributed by atoms with Crippen molar-refractivity contribution in [3.8, 4) is 0 Å². The molecule has 0 saturated carbocycles. The van der Waals surface area contributed by atoms with Crippen LogP contribution in [0.1, 0.15) is 0 Å². The van der Waals surface area contributed by atoms with Crippen molar-refractivity contribution in [3.05, 3.63) is 128 Å². The molecule has 0 fully saturated rings. The van der Waals surface area contributed by atoms with Gasteiger partial charge in [-0.2, -0.15) is 0 Å². The lowest BCUT2D eigenvalue weighted by Crippen LogP contribution is -2.62. The summed E-state index contributed by atoms with van der Waals surface area (Å²) in [6.07, 6.45) is 0. The Hall–Kier alpha value is -1.64. The van der Waals surface area contributed by atoms with Crippen molar-refractivity contribution in [2.45, 2.75) is 0 Å². The molecule has 0 spiro atoms. The fourth-order valence-electron chi connectivity index (χ4n) is 3.84. The van der Waals surface area contributed by atoms with Gasteiger partial charge in [0.25, 0.3) is 0 Å². The predicted octanol–water partition coefficient (Wildman–Crippen LogP) is 8.30. The third-order valence-corrected chi connectivity index (χ3v) is 22.5. The average molecular weight is 901 g/mol. The molecule has 4 aromatic rings. The van der Waals surface area contributed by atoms with E-state index in [1.54, 1.807) is 24.3 Å². The fourth-order valence-corrected chi connectivity index (χ4v) is 15.2. The zero-order chi connectivity index (χ0) is 41.1. The first-order valence-electron chi connectivity index (χ1n) is 15.7. The van der Waals surface area contributed by atoms with Gasteiger partial charge in [-0.05, 0) is 20.7 Å². The van der Waals surface area contributed by atoms with E-state index in [-0.39, 0.29) is 0 Å². The molecule has 12 nitrogen and oxygen atoms in total. The third-order valence-electron chi connectivity index (χ3n) is 7.06. The van der Waals surface area contributed by atoms with E-state index in [0.717, 1.165) is 10.4 Å². The van der Waals surface area contributed by atoms with Crippen LogP contribution in [-0.2, 0) is 53.8 Å². The highest BCUT2D eigenvalue weighted by Gasteiger charge is 2.51. The highest BCUT2D eigenvalue weighted by Crippen LogP contribution is 2.52. The molecule has 0 aliphatic heterocycles. The summed E-state index contributed by atoms with van der Waals surface area (Å²) in [6.45, 7) is 2.96. The zero-order valence-electron chi connectivity index (χ0n) is 31.7. The van der Waals surface area contributed by atoms with Gasteiger partial charge in [0.2, 0.25) is 7.11 Å². The van der Waals surface area contributed by atoms with Crippen molar-refractivity contribution >= 4 is 88.5 Å². The Bertz CT molecular complexity index is 1700. The molecule has 0 aliphatic carbocycles. The first-order valence-corrected chi connectivity index (χ1v) is 29.5. The number of rotatable bonds is 14. The fraction of sp³-hybridized carbons (Fsp3) is 0.265. The van der Waals surface area contributed by atoms with Crippen molar-refractivity contribution < 1.29 is 53.8 Å². The van der Waals surface area contributed by atoms with Crippen LogP contribution in [0.4, 0.5) is 0 Å². The molecule has 20 heteroatoms. The minimum atomic E-state index is -3.64. The van der Waals surface area contributed by atoms with E-state index >= 15 is 0 Å². The standard InChI is InChI=1S/C16H22O6P2Si.C12H10Cl2Si.C3H9O3P.C3H8O3P/c1-19-23(3,17)21-25(22-24(4,18)20-2,15-11-7-5-8-12-15)16-13-9-6-10-14-16;13-15(14,11-7-3-1-4-8-11)12-9-5-2-6-10-12;2*1-5-7(3,4)6-2/h5-14H,1-4H3;1-10H;1-3H3;1H2,2-3H3/q;;;+1. The van der Waals surface area contributed by atoms with Crippen LogP contribution in [0.2, 0.25) is 0 Å². The van der Waals surface area contributed by atoms with Crippen LogP contribution in [0, 0.1) is 7.11 Å². The molecule has 0 heterocycles. The summed E-state index contributed by atoms with van der Waals surface area (Å²) < 4.78 is 85.8. The SMILES string of the molecule is COP(C)(=O)OC.COP(C)(=O)O[Si](OP(C)(=O)OC)(c1ccccc1)c1ccccc1.Cl[Si](Cl)(c1ccccc1)c1ccccc1.[CH2+]OP(C)(=O)OC. The second-order valence-electron chi connectivity index (χ2n) is 11.0. The van der Waals surface area contributed by atoms with Crippen LogP contribution in [0.3, 0.4) is 0 Å². The van der Waals surface area contributed by atoms with Crippen LogP contribution in [-0.4, -0.2) is 77.5 Å². The van der Waals surface area contributed by atoms with Crippen molar-refractivity contribution in [2.75, 3.05) is 62.2 Å². The highest BCUT2D eigenvalue weighted by molar-refractivity contribution is 7.58. The van der Waals surface area contributed by atoms with Crippen LogP contribution < -0.4 is 20.7 Å². The van der Waals surface area contributed by atoms with Gasteiger partial charge in [0.15, 0.2) is 0 Å². The van der Waals surface area contributed by atoms with Crippen LogP contribution in [0.15, 0.2) is 121 Å². The van der Waals surface area contributed by atoms with E-state index in [0.29, 0.717) is 10.4 Å². The van der Waals surface area contributed by atoms with E-state index in [2.05, 4.69) is 25.2 Å². The maximum absolute atomic E-state index is 12.7. The van der Waals surface area contributed by atoms with Crippen molar-refractivity contribution in [2.24, 2.45) is 0 Å². The lowest BCUT2D eigenvalue weighted by atomic mass is 10.4. The lowest BCUT2D eigenvalue weighted by Gasteiger charge is -2.34. The molecule has 0 aromatic heterocycles. The molecule has 54 heavy (non-hydrogen) atoms. The quantitative estimate of drug-likeness (QED) is 0.0520. The Kier molecular flexibility index (Phi) is 22.0. The molecule has 0 saturated heterocycles. The molecular weight excluding hydrogens is 851 g/mol. The Morgan fingerprint density at radius 3 is 0.852 bits per heavy atom. The van der Waals surface area contributed by atoms with Gasteiger partial charge in [-0.1, -0.05) is 121 Å². The summed E-state index contributed by atoms with van der Waals surface area (Å²) in [4.78, 5) is 0. The maximum atomic E-state index is 12.7.